The van der Waals surface area contributed by atoms with Crippen LogP contribution in [0.25, 0.3) is 0 Å². The number of ether oxygens (including phenoxy) is 1. The Morgan fingerprint density at radius 2 is 1.68 bits per heavy atom. The molecule has 0 aliphatic heterocycles. The summed E-state index contributed by atoms with van der Waals surface area (Å²) in [5, 5.41) is 3.05. The van der Waals surface area contributed by atoms with Gasteiger partial charge in [-0.2, -0.15) is 0 Å². The Balaban J connectivity index is 2.00. The first-order valence-corrected chi connectivity index (χ1v) is 5.99. The van der Waals surface area contributed by atoms with E-state index in [9.17, 15) is 8.78 Å². The molecule has 0 radical (unpaired) electrons. The third kappa shape index (κ3) is 3.76. The van der Waals surface area contributed by atoms with E-state index in [1.54, 1.807) is 0 Å². The van der Waals surface area contributed by atoms with Crippen molar-refractivity contribution in [3.05, 3.63) is 65.2 Å². The molecular formula is C15H15F2NO. The van der Waals surface area contributed by atoms with Crippen LogP contribution < -0.4 is 10.1 Å². The van der Waals surface area contributed by atoms with Crippen LogP contribution in [-0.4, -0.2) is 7.05 Å². The number of hydrogen-bond donors (Lipinski definition) is 1. The molecular weight excluding hydrogens is 248 g/mol. The largest absolute Gasteiger partial charge is 0.486 e. The van der Waals surface area contributed by atoms with Gasteiger partial charge in [0.2, 0.25) is 0 Å². The minimum atomic E-state index is -0.562. The quantitative estimate of drug-likeness (QED) is 0.894. The first-order chi connectivity index (χ1) is 9.19. The minimum absolute atomic E-state index is 0.0701. The van der Waals surface area contributed by atoms with Crippen LogP contribution in [-0.2, 0) is 13.2 Å². The molecule has 0 atom stereocenters. The van der Waals surface area contributed by atoms with Gasteiger partial charge in [0, 0.05) is 12.6 Å². The van der Waals surface area contributed by atoms with Gasteiger partial charge in [-0.1, -0.05) is 24.3 Å². The fraction of sp³-hybridized carbons (Fsp3) is 0.200. The van der Waals surface area contributed by atoms with Crippen LogP contribution in [0, 0.1) is 11.6 Å². The minimum Gasteiger partial charge on any atom is -0.486 e. The molecule has 4 heteroatoms. The van der Waals surface area contributed by atoms with Crippen LogP contribution in [0.3, 0.4) is 0 Å². The van der Waals surface area contributed by atoms with Gasteiger partial charge in [0.05, 0.1) is 0 Å². The highest BCUT2D eigenvalue weighted by Crippen LogP contribution is 2.19. The molecule has 2 nitrogen and oxygen atoms in total. The molecule has 0 bridgehead atoms. The Bertz CT molecular complexity index is 540. The van der Waals surface area contributed by atoms with Crippen LogP contribution in [0.15, 0.2) is 42.5 Å². The molecule has 0 aliphatic rings. The van der Waals surface area contributed by atoms with Gasteiger partial charge in [0.25, 0.3) is 0 Å². The van der Waals surface area contributed by atoms with Gasteiger partial charge in [0.1, 0.15) is 12.4 Å². The summed E-state index contributed by atoms with van der Waals surface area (Å²) in [5.41, 5.74) is 2.06. The summed E-state index contributed by atoms with van der Waals surface area (Å²) in [6.07, 6.45) is 0. The van der Waals surface area contributed by atoms with E-state index < -0.39 is 11.6 Å². The molecule has 2 aromatic carbocycles. The standard InChI is InChI=1S/C15H15F2NO/c1-18-9-11-2-4-12(5-3-11)10-19-15-8-13(16)6-7-14(15)17/h2-8,18H,9-10H2,1H3. The maximum absolute atomic E-state index is 13.3. The fourth-order valence-electron chi connectivity index (χ4n) is 1.71. The van der Waals surface area contributed by atoms with Gasteiger partial charge in [-0.15, -0.1) is 0 Å². The molecule has 19 heavy (non-hydrogen) atoms. The van der Waals surface area contributed by atoms with Gasteiger partial charge in [0.15, 0.2) is 11.6 Å². The molecule has 0 heterocycles. The topological polar surface area (TPSA) is 21.3 Å². The van der Waals surface area contributed by atoms with Crippen LogP contribution in [0.1, 0.15) is 11.1 Å². The van der Waals surface area contributed by atoms with Crippen molar-refractivity contribution in [3.8, 4) is 5.75 Å². The molecule has 2 aromatic rings. The predicted octanol–water partition coefficient (Wildman–Crippen LogP) is 3.26. The monoisotopic (exact) mass is 263 g/mol. The van der Waals surface area contributed by atoms with Crippen molar-refractivity contribution >= 4 is 0 Å². The van der Waals surface area contributed by atoms with E-state index in [-0.39, 0.29) is 12.4 Å². The van der Waals surface area contributed by atoms with E-state index in [1.165, 1.54) is 0 Å². The summed E-state index contributed by atoms with van der Waals surface area (Å²) in [4.78, 5) is 0. The average molecular weight is 263 g/mol. The molecule has 0 fully saturated rings. The Morgan fingerprint density at radius 1 is 1.00 bits per heavy atom. The average Bonchev–Trinajstić information content (AvgIpc) is 2.42. The zero-order chi connectivity index (χ0) is 13.7. The highest BCUT2D eigenvalue weighted by atomic mass is 19.1. The van der Waals surface area contributed by atoms with E-state index in [0.29, 0.717) is 0 Å². The summed E-state index contributed by atoms with van der Waals surface area (Å²) in [7, 11) is 1.88. The van der Waals surface area contributed by atoms with Crippen molar-refractivity contribution in [3.63, 3.8) is 0 Å². The summed E-state index contributed by atoms with van der Waals surface area (Å²) >= 11 is 0. The molecule has 0 spiro atoms. The van der Waals surface area contributed by atoms with Crippen LogP contribution in [0.4, 0.5) is 8.78 Å². The fourth-order valence-corrected chi connectivity index (χ4v) is 1.71. The zero-order valence-corrected chi connectivity index (χ0v) is 10.6. The molecule has 0 amide bonds. The van der Waals surface area contributed by atoms with Crippen molar-refractivity contribution in [2.24, 2.45) is 0 Å². The summed E-state index contributed by atoms with van der Waals surface area (Å²) < 4.78 is 31.6. The van der Waals surface area contributed by atoms with Crippen LogP contribution in [0.2, 0.25) is 0 Å². The van der Waals surface area contributed by atoms with Gasteiger partial charge in [-0.05, 0) is 30.3 Å². The van der Waals surface area contributed by atoms with E-state index in [4.69, 9.17) is 4.74 Å². The molecule has 1 N–H and O–H groups in total. The van der Waals surface area contributed by atoms with Crippen LogP contribution >= 0.6 is 0 Å². The number of nitrogens with one attached hydrogen (secondary N) is 1. The number of hydrogen-bond acceptors (Lipinski definition) is 2. The predicted molar refractivity (Wildman–Crippen MR) is 69.9 cm³/mol. The van der Waals surface area contributed by atoms with Crippen molar-refractivity contribution in [2.45, 2.75) is 13.2 Å². The van der Waals surface area contributed by atoms with E-state index in [0.717, 1.165) is 35.9 Å². The molecule has 0 saturated carbocycles. The van der Waals surface area contributed by atoms with Crippen molar-refractivity contribution < 1.29 is 13.5 Å². The second-order valence-electron chi connectivity index (χ2n) is 4.21. The lowest BCUT2D eigenvalue weighted by atomic mass is 10.1. The molecule has 0 aromatic heterocycles. The highest BCUT2D eigenvalue weighted by molar-refractivity contribution is 5.26. The third-order valence-corrected chi connectivity index (χ3v) is 2.69. The normalized spacial score (nSPS) is 10.5. The second kappa shape index (κ2) is 6.29. The SMILES string of the molecule is CNCc1ccc(COc2cc(F)ccc2F)cc1. The van der Waals surface area contributed by atoms with Crippen LogP contribution in [0.5, 0.6) is 5.75 Å². The first kappa shape index (κ1) is 13.5. The second-order valence-corrected chi connectivity index (χ2v) is 4.21. The van der Waals surface area contributed by atoms with Crippen molar-refractivity contribution in [1.82, 2.24) is 5.32 Å². The summed E-state index contributed by atoms with van der Waals surface area (Å²) in [6, 6.07) is 10.9. The molecule has 2 rings (SSSR count). The zero-order valence-electron chi connectivity index (χ0n) is 10.6. The van der Waals surface area contributed by atoms with E-state index >= 15 is 0 Å². The first-order valence-electron chi connectivity index (χ1n) is 5.99. The smallest absolute Gasteiger partial charge is 0.165 e. The maximum atomic E-state index is 13.3. The van der Waals surface area contributed by atoms with Gasteiger partial charge in [-0.3, -0.25) is 0 Å². The number of benzene rings is 2. The van der Waals surface area contributed by atoms with Crippen molar-refractivity contribution in [2.75, 3.05) is 7.05 Å². The van der Waals surface area contributed by atoms with Crippen molar-refractivity contribution in [1.29, 1.82) is 0 Å². The Kier molecular flexibility index (Phi) is 4.47. The number of rotatable bonds is 5. The molecule has 100 valence electrons. The van der Waals surface area contributed by atoms with E-state index in [2.05, 4.69) is 5.32 Å². The third-order valence-electron chi connectivity index (χ3n) is 2.69. The molecule has 0 saturated heterocycles. The van der Waals surface area contributed by atoms with E-state index in [1.807, 2.05) is 31.3 Å². The summed E-state index contributed by atoms with van der Waals surface area (Å²) in [6.45, 7) is 1.000. The Labute approximate surface area is 111 Å². The maximum Gasteiger partial charge on any atom is 0.165 e. The Hall–Kier alpha value is -1.94. The van der Waals surface area contributed by atoms with Gasteiger partial charge < -0.3 is 10.1 Å². The summed E-state index contributed by atoms with van der Waals surface area (Å²) in [5.74, 6) is -1.15. The highest BCUT2D eigenvalue weighted by Gasteiger charge is 2.05. The molecule has 0 unspecified atom stereocenters. The van der Waals surface area contributed by atoms with Gasteiger partial charge >= 0.3 is 0 Å². The lowest BCUT2D eigenvalue weighted by Gasteiger charge is -2.08. The lowest BCUT2D eigenvalue weighted by molar-refractivity contribution is 0.288. The lowest BCUT2D eigenvalue weighted by Crippen LogP contribution is -2.05. The Morgan fingerprint density at radius 3 is 2.37 bits per heavy atom. The van der Waals surface area contributed by atoms with Gasteiger partial charge in [-0.25, -0.2) is 8.78 Å². The molecule has 0 aliphatic carbocycles. The number of halogens is 2.